The number of imidazole rings is 1. The van der Waals surface area contributed by atoms with E-state index in [-0.39, 0.29) is 34.7 Å². The van der Waals surface area contributed by atoms with Gasteiger partial charge in [0.2, 0.25) is 5.91 Å². The van der Waals surface area contributed by atoms with Gasteiger partial charge in [-0.05, 0) is 13.3 Å². The van der Waals surface area contributed by atoms with E-state index in [9.17, 15) is 19.2 Å². The number of ether oxygens (including phenoxy) is 1. The fraction of sp³-hybridized carbons (Fsp3) is 0.474. The molecule has 3 rings (SSSR count). The van der Waals surface area contributed by atoms with Crippen LogP contribution in [0, 0.1) is 0 Å². The van der Waals surface area contributed by atoms with Gasteiger partial charge in [-0.1, -0.05) is 25.1 Å². The summed E-state index contributed by atoms with van der Waals surface area (Å²) in [6, 6.07) is 0. The van der Waals surface area contributed by atoms with Crippen LogP contribution in [0.2, 0.25) is 0 Å². The molecule has 0 atom stereocenters. The standard InChI is InChI=1S/C19H24N6O5S2/c1-5-7-8-25-13-14(23(3)19(29)24(4)15(13)27)22-18(25)32-10-12(26)21-17-20-11(9-31-17)16(28)30-6-2/h9H,5-8,10H2,1-4H3,(H,20,21,26). The molecule has 0 unspecified atom stereocenters. The Labute approximate surface area is 191 Å². The Bertz CT molecular complexity index is 1270. The second-order valence-corrected chi connectivity index (χ2v) is 8.67. The molecular weight excluding hydrogens is 456 g/mol. The second kappa shape index (κ2) is 10.1. The number of carbonyl (C=O) groups is 2. The molecule has 172 valence electrons. The third-order valence-corrected chi connectivity index (χ3v) is 6.35. The van der Waals surface area contributed by atoms with Crippen molar-refractivity contribution >= 4 is 51.3 Å². The number of aryl methyl sites for hydroxylation is 2. The van der Waals surface area contributed by atoms with Crippen molar-refractivity contribution in [3.05, 3.63) is 31.9 Å². The highest BCUT2D eigenvalue weighted by molar-refractivity contribution is 7.99. The molecule has 1 amide bonds. The van der Waals surface area contributed by atoms with Crippen molar-refractivity contribution in [2.24, 2.45) is 14.1 Å². The molecule has 32 heavy (non-hydrogen) atoms. The van der Waals surface area contributed by atoms with Gasteiger partial charge in [0.25, 0.3) is 5.56 Å². The summed E-state index contributed by atoms with van der Waals surface area (Å²) < 4.78 is 9.03. The van der Waals surface area contributed by atoms with Crippen LogP contribution in [0.5, 0.6) is 0 Å². The van der Waals surface area contributed by atoms with E-state index < -0.39 is 17.2 Å². The molecule has 0 saturated heterocycles. The van der Waals surface area contributed by atoms with Crippen molar-refractivity contribution in [2.75, 3.05) is 17.7 Å². The molecule has 0 radical (unpaired) electrons. The first-order valence-corrected chi connectivity index (χ1v) is 11.9. The van der Waals surface area contributed by atoms with Crippen molar-refractivity contribution in [3.8, 4) is 0 Å². The highest BCUT2D eigenvalue weighted by Crippen LogP contribution is 2.23. The maximum absolute atomic E-state index is 12.7. The van der Waals surface area contributed by atoms with Crippen LogP contribution in [-0.4, -0.2) is 47.9 Å². The van der Waals surface area contributed by atoms with Crippen molar-refractivity contribution in [1.29, 1.82) is 0 Å². The molecule has 1 N–H and O–H groups in total. The Kier molecular flexibility index (Phi) is 7.51. The van der Waals surface area contributed by atoms with E-state index in [1.165, 1.54) is 17.0 Å². The minimum Gasteiger partial charge on any atom is -0.461 e. The first kappa shape index (κ1) is 23.7. The van der Waals surface area contributed by atoms with Gasteiger partial charge in [0, 0.05) is 26.0 Å². The van der Waals surface area contributed by atoms with Gasteiger partial charge >= 0.3 is 11.7 Å². The number of thiazole rings is 1. The van der Waals surface area contributed by atoms with E-state index in [1.807, 2.05) is 6.92 Å². The first-order valence-electron chi connectivity index (χ1n) is 10.00. The number of esters is 1. The zero-order chi connectivity index (χ0) is 23.4. The molecule has 0 aliphatic carbocycles. The van der Waals surface area contributed by atoms with Gasteiger partial charge in [0.15, 0.2) is 27.1 Å². The zero-order valence-electron chi connectivity index (χ0n) is 18.2. The van der Waals surface area contributed by atoms with Crippen molar-refractivity contribution in [3.63, 3.8) is 0 Å². The van der Waals surface area contributed by atoms with Crippen LogP contribution < -0.4 is 16.6 Å². The van der Waals surface area contributed by atoms with E-state index >= 15 is 0 Å². The summed E-state index contributed by atoms with van der Waals surface area (Å²) in [5, 5.41) is 4.93. The largest absolute Gasteiger partial charge is 0.461 e. The molecule has 0 aromatic carbocycles. The summed E-state index contributed by atoms with van der Waals surface area (Å²) in [5.74, 6) is -0.871. The van der Waals surface area contributed by atoms with E-state index in [1.54, 1.807) is 18.5 Å². The van der Waals surface area contributed by atoms with Crippen molar-refractivity contribution < 1.29 is 14.3 Å². The Balaban J connectivity index is 1.81. The van der Waals surface area contributed by atoms with E-state index in [4.69, 9.17) is 4.74 Å². The van der Waals surface area contributed by atoms with Crippen LogP contribution in [-0.2, 0) is 30.2 Å². The summed E-state index contributed by atoms with van der Waals surface area (Å²) in [6.45, 7) is 4.51. The average molecular weight is 481 g/mol. The van der Waals surface area contributed by atoms with E-state index in [0.29, 0.717) is 17.2 Å². The van der Waals surface area contributed by atoms with Crippen molar-refractivity contribution in [2.45, 2.75) is 38.4 Å². The summed E-state index contributed by atoms with van der Waals surface area (Å²) in [5.41, 5.74) is -0.116. The third-order valence-electron chi connectivity index (χ3n) is 4.62. The maximum Gasteiger partial charge on any atom is 0.357 e. The Morgan fingerprint density at radius 1 is 1.19 bits per heavy atom. The predicted molar refractivity (Wildman–Crippen MR) is 123 cm³/mol. The number of unbranched alkanes of at least 4 members (excludes halogenated alkanes) is 1. The normalized spacial score (nSPS) is 11.1. The topological polar surface area (TPSA) is 130 Å². The highest BCUT2D eigenvalue weighted by Gasteiger charge is 2.20. The molecule has 11 nitrogen and oxygen atoms in total. The molecule has 0 aliphatic heterocycles. The number of nitrogens with zero attached hydrogens (tertiary/aromatic N) is 5. The van der Waals surface area contributed by atoms with Gasteiger partial charge in [-0.15, -0.1) is 11.3 Å². The Morgan fingerprint density at radius 2 is 1.94 bits per heavy atom. The number of carbonyl (C=O) groups excluding carboxylic acids is 2. The second-order valence-electron chi connectivity index (χ2n) is 6.87. The first-order chi connectivity index (χ1) is 15.3. The number of thioether (sulfide) groups is 1. The van der Waals surface area contributed by atoms with Crippen LogP contribution in [0.25, 0.3) is 11.2 Å². The van der Waals surface area contributed by atoms with Crippen molar-refractivity contribution in [1.82, 2.24) is 23.7 Å². The van der Waals surface area contributed by atoms with E-state index in [2.05, 4.69) is 15.3 Å². The van der Waals surface area contributed by atoms with Crippen LogP contribution in [0.1, 0.15) is 37.2 Å². The number of amides is 1. The van der Waals surface area contributed by atoms with Crippen LogP contribution >= 0.6 is 23.1 Å². The third kappa shape index (κ3) is 4.78. The Hall–Kier alpha value is -2.93. The monoisotopic (exact) mass is 480 g/mol. The number of rotatable bonds is 9. The number of hydrogen-bond donors (Lipinski definition) is 1. The average Bonchev–Trinajstić information content (AvgIpc) is 3.38. The molecule has 0 saturated carbocycles. The van der Waals surface area contributed by atoms with Gasteiger partial charge in [-0.25, -0.2) is 19.6 Å². The summed E-state index contributed by atoms with van der Waals surface area (Å²) in [6.07, 6.45) is 1.72. The van der Waals surface area contributed by atoms with Crippen LogP contribution in [0.15, 0.2) is 20.1 Å². The van der Waals surface area contributed by atoms with Gasteiger partial charge < -0.3 is 14.6 Å². The number of anilines is 1. The zero-order valence-corrected chi connectivity index (χ0v) is 19.8. The number of hydrogen-bond acceptors (Lipinski definition) is 9. The lowest BCUT2D eigenvalue weighted by molar-refractivity contribution is -0.113. The molecule has 3 aromatic rings. The molecule has 0 bridgehead atoms. The van der Waals surface area contributed by atoms with Crippen LogP contribution in [0.3, 0.4) is 0 Å². The summed E-state index contributed by atoms with van der Waals surface area (Å²) in [7, 11) is 2.99. The van der Waals surface area contributed by atoms with Gasteiger partial charge in [-0.2, -0.15) is 0 Å². The lowest BCUT2D eigenvalue weighted by atomic mass is 10.3. The molecule has 3 aromatic heterocycles. The number of nitrogens with one attached hydrogen (secondary N) is 1. The quantitative estimate of drug-likeness (QED) is 0.361. The fourth-order valence-electron chi connectivity index (χ4n) is 2.98. The van der Waals surface area contributed by atoms with E-state index in [0.717, 1.165) is 40.5 Å². The summed E-state index contributed by atoms with van der Waals surface area (Å²) >= 11 is 2.29. The molecule has 0 aliphatic rings. The number of fused-ring (bicyclic) bond motifs is 1. The fourth-order valence-corrected chi connectivity index (χ4v) is 4.49. The Morgan fingerprint density at radius 3 is 2.62 bits per heavy atom. The minimum absolute atomic E-state index is 0.0119. The van der Waals surface area contributed by atoms with Gasteiger partial charge in [-0.3, -0.25) is 18.7 Å². The molecule has 0 fully saturated rings. The minimum atomic E-state index is -0.546. The smallest absolute Gasteiger partial charge is 0.357 e. The SMILES string of the molecule is CCCCn1c(SCC(=O)Nc2nc(C(=O)OCC)cs2)nc2c1c(=O)n(C)c(=O)n2C. The van der Waals surface area contributed by atoms with Crippen LogP contribution in [0.4, 0.5) is 5.13 Å². The predicted octanol–water partition coefficient (Wildman–Crippen LogP) is 1.60. The summed E-state index contributed by atoms with van der Waals surface area (Å²) in [4.78, 5) is 57.7. The van der Waals surface area contributed by atoms with Gasteiger partial charge in [0.05, 0.1) is 12.4 Å². The molecule has 0 spiro atoms. The molecular formula is C19H24N6O5S2. The lowest BCUT2D eigenvalue weighted by Gasteiger charge is -2.08. The van der Waals surface area contributed by atoms with Gasteiger partial charge in [0.1, 0.15) is 0 Å². The number of aromatic nitrogens is 5. The highest BCUT2D eigenvalue weighted by atomic mass is 32.2. The lowest BCUT2D eigenvalue weighted by Crippen LogP contribution is -2.37. The molecule has 13 heteroatoms. The maximum atomic E-state index is 12.7. The molecule has 3 heterocycles.